The van der Waals surface area contributed by atoms with Crippen molar-refractivity contribution in [3.63, 3.8) is 0 Å². The summed E-state index contributed by atoms with van der Waals surface area (Å²) in [5, 5.41) is 10.8. The maximum atomic E-state index is 12.6. The van der Waals surface area contributed by atoms with Gasteiger partial charge in [0.15, 0.2) is 0 Å². The number of aliphatic hydroxyl groups is 1. The number of aliphatic hydroxyl groups excluding tert-OH is 1. The van der Waals surface area contributed by atoms with Crippen molar-refractivity contribution in [2.45, 2.75) is 50.9 Å². The molecule has 5 nitrogen and oxygen atoms in total. The van der Waals surface area contributed by atoms with Crippen molar-refractivity contribution in [2.24, 2.45) is 17.3 Å². The first-order valence-corrected chi connectivity index (χ1v) is 9.80. The van der Waals surface area contributed by atoms with Crippen LogP contribution < -0.4 is 0 Å². The fourth-order valence-electron chi connectivity index (χ4n) is 5.32. The minimum Gasteiger partial charge on any atom is -0.461 e. The molecule has 3 aliphatic rings. The molecule has 3 fully saturated rings. The third kappa shape index (κ3) is 2.98. The van der Waals surface area contributed by atoms with Crippen LogP contribution in [-0.4, -0.2) is 35.4 Å². The highest BCUT2D eigenvalue weighted by molar-refractivity contribution is 5.91. The molecule has 1 heterocycles. The van der Waals surface area contributed by atoms with Crippen LogP contribution in [0.4, 0.5) is 0 Å². The van der Waals surface area contributed by atoms with E-state index in [-0.39, 0.29) is 18.3 Å². The Hall–Kier alpha value is -2.40. The van der Waals surface area contributed by atoms with Gasteiger partial charge in [0, 0.05) is 16.9 Å². The molecule has 1 N–H and O–H groups in total. The number of esters is 2. The van der Waals surface area contributed by atoms with Crippen LogP contribution in [-0.2, 0) is 25.5 Å². The highest BCUT2D eigenvalue weighted by atomic mass is 16.6. The van der Waals surface area contributed by atoms with Gasteiger partial charge in [0.05, 0.1) is 18.4 Å². The van der Waals surface area contributed by atoms with E-state index < -0.39 is 35.6 Å². The van der Waals surface area contributed by atoms with Gasteiger partial charge >= 0.3 is 11.9 Å². The average Bonchev–Trinajstić information content (AvgIpc) is 2.94. The quantitative estimate of drug-likeness (QED) is 0.494. The molecule has 148 valence electrons. The zero-order chi connectivity index (χ0) is 20.1. The van der Waals surface area contributed by atoms with Crippen LogP contribution in [0.2, 0.25) is 0 Å². The fourth-order valence-corrected chi connectivity index (χ4v) is 5.32. The normalized spacial score (nSPS) is 37.1. The van der Waals surface area contributed by atoms with E-state index in [1.165, 1.54) is 0 Å². The summed E-state index contributed by atoms with van der Waals surface area (Å²) in [6.07, 6.45) is 0.320. The van der Waals surface area contributed by atoms with Crippen molar-refractivity contribution >= 4 is 11.9 Å². The molecule has 0 radical (unpaired) electrons. The van der Waals surface area contributed by atoms with Gasteiger partial charge in [-0.15, -0.1) is 0 Å². The number of benzene rings is 1. The van der Waals surface area contributed by atoms with Gasteiger partial charge in [-0.05, 0) is 24.8 Å². The fraction of sp³-hybridized carbons (Fsp3) is 0.478. The van der Waals surface area contributed by atoms with Crippen LogP contribution in [0.15, 0.2) is 54.6 Å². The van der Waals surface area contributed by atoms with Crippen molar-refractivity contribution in [1.29, 1.82) is 0 Å². The molecule has 0 spiro atoms. The second-order valence-corrected chi connectivity index (χ2v) is 8.51. The summed E-state index contributed by atoms with van der Waals surface area (Å²) in [7, 11) is 0. The summed E-state index contributed by atoms with van der Waals surface area (Å²) >= 11 is 0. The Morgan fingerprint density at radius 2 is 2.04 bits per heavy atom. The van der Waals surface area contributed by atoms with Gasteiger partial charge in [-0.25, -0.2) is 4.79 Å². The first kappa shape index (κ1) is 18.9. The standard InChI is InChI=1S/C23H26O5/c1-13-9-10-17(24)23(3)12-16(19-14(2)22(26)28-21(19)20(13)23)27-18(25)11-15-7-5-4-6-8-15/h4-8,16-17,19-21,24H,1-2,9-12H2,3H3/t16-,17+,19+,20+,21-,23-/m0/s1. The first-order chi connectivity index (χ1) is 13.3. The summed E-state index contributed by atoms with van der Waals surface area (Å²) in [5.41, 5.74) is 1.64. The van der Waals surface area contributed by atoms with Crippen LogP contribution in [0.1, 0.15) is 31.7 Å². The first-order valence-electron chi connectivity index (χ1n) is 9.80. The lowest BCUT2D eigenvalue weighted by Crippen LogP contribution is -2.58. The number of hydrogen-bond acceptors (Lipinski definition) is 5. The van der Waals surface area contributed by atoms with Crippen LogP contribution >= 0.6 is 0 Å². The molecular formula is C23H26O5. The van der Waals surface area contributed by atoms with Gasteiger partial charge in [-0.1, -0.05) is 56.0 Å². The van der Waals surface area contributed by atoms with Crippen LogP contribution in [0.25, 0.3) is 0 Å². The summed E-state index contributed by atoms with van der Waals surface area (Å²) in [6, 6.07) is 9.39. The smallest absolute Gasteiger partial charge is 0.334 e. The SMILES string of the molecule is C=C1C(=O)O[C@H]2[C@H]1[C@@H](OC(=O)Cc1ccccc1)C[C@@]1(C)[C@H](O)CCC(=C)[C@H]21. The van der Waals surface area contributed by atoms with E-state index in [1.807, 2.05) is 37.3 Å². The van der Waals surface area contributed by atoms with Crippen molar-refractivity contribution < 1.29 is 24.2 Å². The van der Waals surface area contributed by atoms with E-state index in [4.69, 9.17) is 9.47 Å². The van der Waals surface area contributed by atoms with Crippen molar-refractivity contribution in [3.8, 4) is 0 Å². The Morgan fingerprint density at radius 1 is 1.32 bits per heavy atom. The van der Waals surface area contributed by atoms with Gasteiger partial charge < -0.3 is 14.6 Å². The van der Waals surface area contributed by atoms with Crippen LogP contribution in [0, 0.1) is 17.3 Å². The maximum Gasteiger partial charge on any atom is 0.334 e. The average molecular weight is 382 g/mol. The van der Waals surface area contributed by atoms with Gasteiger partial charge in [0.2, 0.25) is 0 Å². The molecule has 1 aliphatic heterocycles. The summed E-state index contributed by atoms with van der Waals surface area (Å²) in [4.78, 5) is 24.9. The number of rotatable bonds is 3. The lowest BCUT2D eigenvalue weighted by molar-refractivity contribution is -0.177. The predicted molar refractivity (Wildman–Crippen MR) is 103 cm³/mol. The van der Waals surface area contributed by atoms with Crippen molar-refractivity contribution in [3.05, 3.63) is 60.2 Å². The summed E-state index contributed by atoms with van der Waals surface area (Å²) in [5.74, 6) is -1.36. The molecule has 5 heteroatoms. The molecule has 4 rings (SSSR count). The minimum absolute atomic E-state index is 0.158. The number of ether oxygens (including phenoxy) is 2. The molecule has 1 saturated heterocycles. The Balaban J connectivity index is 1.61. The predicted octanol–water partition coefficient (Wildman–Crippen LogP) is 2.98. The van der Waals surface area contributed by atoms with E-state index in [0.29, 0.717) is 24.8 Å². The second-order valence-electron chi connectivity index (χ2n) is 8.51. The molecule has 2 aliphatic carbocycles. The summed E-state index contributed by atoms with van der Waals surface area (Å²) in [6.45, 7) is 10.1. The number of fused-ring (bicyclic) bond motifs is 3. The topological polar surface area (TPSA) is 72.8 Å². The van der Waals surface area contributed by atoms with Crippen LogP contribution in [0.5, 0.6) is 0 Å². The van der Waals surface area contributed by atoms with E-state index in [1.54, 1.807) is 0 Å². The molecule has 0 unspecified atom stereocenters. The molecule has 6 atom stereocenters. The zero-order valence-corrected chi connectivity index (χ0v) is 16.1. The van der Waals surface area contributed by atoms with E-state index in [0.717, 1.165) is 11.1 Å². The molecule has 28 heavy (non-hydrogen) atoms. The third-order valence-corrected chi connectivity index (χ3v) is 6.76. The molecule has 1 aromatic rings. The van der Waals surface area contributed by atoms with Gasteiger partial charge in [0.25, 0.3) is 0 Å². The van der Waals surface area contributed by atoms with Crippen molar-refractivity contribution in [2.75, 3.05) is 0 Å². The number of carbonyl (C=O) groups is 2. The Labute approximate surface area is 165 Å². The molecular weight excluding hydrogens is 356 g/mol. The maximum absolute atomic E-state index is 12.6. The minimum atomic E-state index is -0.563. The monoisotopic (exact) mass is 382 g/mol. The zero-order valence-electron chi connectivity index (χ0n) is 16.1. The largest absolute Gasteiger partial charge is 0.461 e. The molecule has 0 aromatic heterocycles. The van der Waals surface area contributed by atoms with E-state index in [2.05, 4.69) is 13.2 Å². The Morgan fingerprint density at radius 3 is 2.75 bits per heavy atom. The van der Waals surface area contributed by atoms with E-state index >= 15 is 0 Å². The van der Waals surface area contributed by atoms with Gasteiger partial charge in [0.1, 0.15) is 12.2 Å². The lowest BCUT2D eigenvalue weighted by atomic mass is 9.53. The highest BCUT2D eigenvalue weighted by Gasteiger charge is 2.62. The van der Waals surface area contributed by atoms with Crippen LogP contribution in [0.3, 0.4) is 0 Å². The molecule has 1 aromatic carbocycles. The van der Waals surface area contributed by atoms with Gasteiger partial charge in [-0.3, -0.25) is 4.79 Å². The van der Waals surface area contributed by atoms with Crippen molar-refractivity contribution in [1.82, 2.24) is 0 Å². The van der Waals surface area contributed by atoms with Gasteiger partial charge in [-0.2, -0.15) is 0 Å². The molecule has 0 bridgehead atoms. The highest BCUT2D eigenvalue weighted by Crippen LogP contribution is 2.57. The molecule has 0 amide bonds. The molecule has 2 saturated carbocycles. The third-order valence-electron chi connectivity index (χ3n) is 6.76. The number of hydrogen-bond donors (Lipinski definition) is 1. The Kier molecular flexibility index (Phi) is 4.66. The lowest BCUT2D eigenvalue weighted by Gasteiger charge is -2.54. The number of carbonyl (C=O) groups excluding carboxylic acids is 2. The van der Waals surface area contributed by atoms with E-state index in [9.17, 15) is 14.7 Å². The Bertz CT molecular complexity index is 829. The summed E-state index contributed by atoms with van der Waals surface area (Å²) < 4.78 is 11.5. The second kappa shape index (κ2) is 6.89.